The maximum absolute atomic E-state index is 14.5. The first kappa shape index (κ1) is 23.2. The molecule has 0 spiro atoms. The molecule has 1 amide bonds. The minimum Gasteiger partial charge on any atom is -0.371 e. The molecule has 170 valence electrons. The van der Waals surface area contributed by atoms with Crippen LogP contribution in [0.25, 0.3) is 0 Å². The summed E-state index contributed by atoms with van der Waals surface area (Å²) in [6, 6.07) is 8.79. The summed E-state index contributed by atoms with van der Waals surface area (Å²) in [6.07, 6.45) is 0. The van der Waals surface area contributed by atoms with Crippen molar-refractivity contribution in [2.45, 2.75) is 20.8 Å². The SMILES string of the molecule is CCN(CC)c1ccc([N+](=O)[O-])cc1C(=O)N1CCN(c2ccc(C(C)=O)cc2F)CC1. The molecule has 2 aromatic rings. The van der Waals surface area contributed by atoms with E-state index in [9.17, 15) is 24.1 Å². The van der Waals surface area contributed by atoms with E-state index >= 15 is 0 Å². The molecule has 0 N–H and O–H groups in total. The zero-order valence-electron chi connectivity index (χ0n) is 18.5. The number of ketones is 1. The van der Waals surface area contributed by atoms with Gasteiger partial charge in [0.05, 0.1) is 21.9 Å². The number of piperazine rings is 1. The van der Waals surface area contributed by atoms with E-state index in [1.165, 1.54) is 25.1 Å². The fourth-order valence-electron chi connectivity index (χ4n) is 3.95. The Morgan fingerprint density at radius 2 is 1.72 bits per heavy atom. The van der Waals surface area contributed by atoms with Gasteiger partial charge >= 0.3 is 0 Å². The minimum absolute atomic E-state index is 0.129. The molecule has 3 rings (SSSR count). The van der Waals surface area contributed by atoms with Crippen molar-refractivity contribution in [1.82, 2.24) is 4.90 Å². The van der Waals surface area contributed by atoms with Gasteiger partial charge < -0.3 is 14.7 Å². The monoisotopic (exact) mass is 442 g/mol. The highest BCUT2D eigenvalue weighted by atomic mass is 19.1. The number of hydrogen-bond acceptors (Lipinski definition) is 6. The maximum Gasteiger partial charge on any atom is 0.270 e. The first-order valence-electron chi connectivity index (χ1n) is 10.6. The third-order valence-corrected chi connectivity index (χ3v) is 5.79. The number of halogens is 1. The van der Waals surface area contributed by atoms with Gasteiger partial charge in [-0.15, -0.1) is 0 Å². The number of benzene rings is 2. The zero-order chi connectivity index (χ0) is 23.4. The second kappa shape index (κ2) is 9.76. The second-order valence-corrected chi connectivity index (χ2v) is 7.63. The van der Waals surface area contributed by atoms with Crippen LogP contribution < -0.4 is 9.80 Å². The van der Waals surface area contributed by atoms with Crippen LogP contribution in [-0.4, -0.2) is 60.8 Å². The maximum atomic E-state index is 14.5. The first-order chi connectivity index (χ1) is 15.3. The van der Waals surface area contributed by atoms with E-state index in [2.05, 4.69) is 0 Å². The average Bonchev–Trinajstić information content (AvgIpc) is 2.79. The van der Waals surface area contributed by atoms with Gasteiger partial charge in [0, 0.05) is 57.0 Å². The number of nitrogens with zero attached hydrogens (tertiary/aromatic N) is 4. The van der Waals surface area contributed by atoms with Gasteiger partial charge in [0.2, 0.25) is 0 Å². The molecule has 8 nitrogen and oxygen atoms in total. The van der Waals surface area contributed by atoms with Crippen LogP contribution in [0.5, 0.6) is 0 Å². The van der Waals surface area contributed by atoms with E-state index in [-0.39, 0.29) is 17.4 Å². The van der Waals surface area contributed by atoms with Gasteiger partial charge in [0.1, 0.15) is 5.82 Å². The fourth-order valence-corrected chi connectivity index (χ4v) is 3.95. The highest BCUT2D eigenvalue weighted by molar-refractivity contribution is 6.00. The van der Waals surface area contributed by atoms with E-state index < -0.39 is 10.7 Å². The number of nitro groups is 1. The summed E-state index contributed by atoms with van der Waals surface area (Å²) in [5.41, 5.74) is 1.54. The molecule has 32 heavy (non-hydrogen) atoms. The molecule has 0 aromatic heterocycles. The molecule has 2 aromatic carbocycles. The zero-order valence-corrected chi connectivity index (χ0v) is 18.5. The molecule has 1 aliphatic rings. The van der Waals surface area contributed by atoms with Crippen LogP contribution in [0.4, 0.5) is 21.5 Å². The van der Waals surface area contributed by atoms with Crippen LogP contribution in [0.1, 0.15) is 41.5 Å². The molecule has 1 fully saturated rings. The smallest absolute Gasteiger partial charge is 0.270 e. The van der Waals surface area contributed by atoms with Crippen molar-refractivity contribution < 1.29 is 18.9 Å². The van der Waals surface area contributed by atoms with E-state index in [1.54, 1.807) is 23.1 Å². The quantitative estimate of drug-likeness (QED) is 0.369. The summed E-state index contributed by atoms with van der Waals surface area (Å²) >= 11 is 0. The number of rotatable bonds is 7. The Hall–Kier alpha value is -3.49. The van der Waals surface area contributed by atoms with Gasteiger partial charge in [-0.1, -0.05) is 0 Å². The standard InChI is InChI=1S/C23H27FN4O4/c1-4-25(5-2)21-9-7-18(28(31)32)15-19(21)23(30)27-12-10-26(11-13-27)22-8-6-17(16(3)29)14-20(22)24/h6-9,14-15H,4-5,10-13H2,1-3H3. The van der Waals surface area contributed by atoms with E-state index in [1.807, 2.05) is 23.6 Å². The normalized spacial score (nSPS) is 13.8. The average molecular weight is 442 g/mol. The third kappa shape index (κ3) is 4.71. The summed E-state index contributed by atoms with van der Waals surface area (Å²) in [5.74, 6) is -0.950. The van der Waals surface area contributed by atoms with Crippen molar-refractivity contribution in [3.05, 3.63) is 63.5 Å². The summed E-state index contributed by atoms with van der Waals surface area (Å²) in [6.45, 7) is 8.18. The Kier molecular flexibility index (Phi) is 7.07. The third-order valence-electron chi connectivity index (χ3n) is 5.79. The van der Waals surface area contributed by atoms with E-state index in [0.717, 1.165) is 0 Å². The number of carbonyl (C=O) groups excluding carboxylic acids is 2. The molecule has 0 unspecified atom stereocenters. The predicted octanol–water partition coefficient (Wildman–Crippen LogP) is 3.75. The fraction of sp³-hybridized carbons (Fsp3) is 0.391. The lowest BCUT2D eigenvalue weighted by Gasteiger charge is -2.37. The lowest BCUT2D eigenvalue weighted by molar-refractivity contribution is -0.384. The van der Waals surface area contributed by atoms with Gasteiger partial charge in [-0.25, -0.2) is 4.39 Å². The largest absolute Gasteiger partial charge is 0.371 e. The lowest BCUT2D eigenvalue weighted by Crippen LogP contribution is -2.49. The first-order valence-corrected chi connectivity index (χ1v) is 10.6. The highest BCUT2D eigenvalue weighted by Gasteiger charge is 2.27. The molecule has 1 heterocycles. The predicted molar refractivity (Wildman–Crippen MR) is 121 cm³/mol. The molecular formula is C23H27FN4O4. The summed E-state index contributed by atoms with van der Waals surface area (Å²) in [4.78, 5) is 41.0. The van der Waals surface area contributed by atoms with Gasteiger partial charge in [-0.3, -0.25) is 19.7 Å². The van der Waals surface area contributed by atoms with Gasteiger partial charge in [0.25, 0.3) is 11.6 Å². The Morgan fingerprint density at radius 3 is 2.25 bits per heavy atom. The topological polar surface area (TPSA) is 87.0 Å². The number of Topliss-reactive ketones (excluding diaryl/α,β-unsaturated/α-hetero) is 1. The van der Waals surface area contributed by atoms with Crippen LogP contribution in [0, 0.1) is 15.9 Å². The van der Waals surface area contributed by atoms with Crippen LogP contribution in [0.15, 0.2) is 36.4 Å². The molecule has 1 saturated heterocycles. The number of non-ortho nitro benzene ring substituents is 1. The van der Waals surface area contributed by atoms with Crippen LogP contribution in [0.3, 0.4) is 0 Å². The molecule has 0 atom stereocenters. The van der Waals surface area contributed by atoms with Gasteiger partial charge in [-0.05, 0) is 45.0 Å². The molecule has 0 radical (unpaired) electrons. The van der Waals surface area contributed by atoms with Crippen molar-refractivity contribution >= 4 is 28.8 Å². The van der Waals surface area contributed by atoms with Crippen LogP contribution in [0.2, 0.25) is 0 Å². The van der Waals surface area contributed by atoms with E-state index in [0.29, 0.717) is 61.8 Å². The number of hydrogen-bond donors (Lipinski definition) is 0. The number of anilines is 2. The van der Waals surface area contributed by atoms with Crippen LogP contribution in [-0.2, 0) is 0 Å². The Balaban J connectivity index is 1.80. The summed E-state index contributed by atoms with van der Waals surface area (Å²) in [5, 5.41) is 11.3. The van der Waals surface area contributed by atoms with Crippen molar-refractivity contribution in [2.24, 2.45) is 0 Å². The molecule has 1 aliphatic heterocycles. The number of nitro benzene ring substituents is 1. The molecule has 0 aliphatic carbocycles. The second-order valence-electron chi connectivity index (χ2n) is 7.63. The van der Waals surface area contributed by atoms with Gasteiger partial charge in [-0.2, -0.15) is 0 Å². The van der Waals surface area contributed by atoms with Crippen molar-refractivity contribution in [1.29, 1.82) is 0 Å². The van der Waals surface area contributed by atoms with Crippen molar-refractivity contribution in [3.8, 4) is 0 Å². The summed E-state index contributed by atoms with van der Waals surface area (Å²) in [7, 11) is 0. The number of carbonyl (C=O) groups is 2. The van der Waals surface area contributed by atoms with Crippen molar-refractivity contribution in [3.63, 3.8) is 0 Å². The molecular weight excluding hydrogens is 415 g/mol. The van der Waals surface area contributed by atoms with E-state index in [4.69, 9.17) is 0 Å². The molecule has 0 saturated carbocycles. The van der Waals surface area contributed by atoms with Crippen LogP contribution >= 0.6 is 0 Å². The molecule has 0 bridgehead atoms. The Bertz CT molecular complexity index is 1030. The van der Waals surface area contributed by atoms with Gasteiger partial charge in [0.15, 0.2) is 5.78 Å². The lowest BCUT2D eigenvalue weighted by atomic mass is 10.1. The minimum atomic E-state index is -0.506. The van der Waals surface area contributed by atoms with Crippen molar-refractivity contribution in [2.75, 3.05) is 49.1 Å². The number of amides is 1. The Morgan fingerprint density at radius 1 is 1.06 bits per heavy atom. The Labute approximate surface area is 186 Å². The molecule has 9 heteroatoms. The highest BCUT2D eigenvalue weighted by Crippen LogP contribution is 2.28. The summed E-state index contributed by atoms with van der Waals surface area (Å²) < 4.78 is 14.5.